The maximum Gasteiger partial charge on any atom is 0.413 e. The lowest BCUT2D eigenvalue weighted by molar-refractivity contribution is 0.102. The van der Waals surface area contributed by atoms with Crippen molar-refractivity contribution in [2.45, 2.75) is 0 Å². The van der Waals surface area contributed by atoms with Crippen LogP contribution in [0, 0.1) is 0 Å². The van der Waals surface area contributed by atoms with Crippen LogP contribution in [-0.4, -0.2) is 31.1 Å². The maximum atomic E-state index is 12.6. The zero-order chi connectivity index (χ0) is 17.8. The average Bonchev–Trinajstić information content (AvgIpc) is 2.66. The minimum Gasteiger partial charge on any atom is -0.452 e. The van der Waals surface area contributed by atoms with E-state index >= 15 is 0 Å². The van der Waals surface area contributed by atoms with E-state index in [9.17, 15) is 9.59 Å². The van der Waals surface area contributed by atoms with Crippen LogP contribution in [0.4, 0.5) is 16.2 Å². The summed E-state index contributed by atoms with van der Waals surface area (Å²) in [5, 5.41) is 3.65. The predicted octanol–water partition coefficient (Wildman–Crippen LogP) is 3.69. The Labute approximate surface area is 145 Å². The molecule has 0 unspecified atom stereocenters. The molecule has 1 aromatic heterocycles. The van der Waals surface area contributed by atoms with Gasteiger partial charge in [-0.15, -0.1) is 0 Å². The van der Waals surface area contributed by atoms with Crippen LogP contribution in [0.3, 0.4) is 0 Å². The summed E-state index contributed by atoms with van der Waals surface area (Å²) in [7, 11) is 2.94. The molecule has 0 aliphatic heterocycles. The third-order valence-corrected chi connectivity index (χ3v) is 3.85. The van der Waals surface area contributed by atoms with Crippen LogP contribution in [-0.2, 0) is 4.74 Å². The highest BCUT2D eigenvalue weighted by Gasteiger charge is 2.12. The van der Waals surface area contributed by atoms with E-state index in [-0.39, 0.29) is 5.91 Å². The first kappa shape index (κ1) is 16.4. The molecule has 0 saturated heterocycles. The van der Waals surface area contributed by atoms with Gasteiger partial charge in [0.1, 0.15) is 0 Å². The number of nitrogens with zero attached hydrogens (tertiary/aromatic N) is 2. The Kier molecular flexibility index (Phi) is 4.61. The Morgan fingerprint density at radius 3 is 2.52 bits per heavy atom. The number of fused-ring (bicyclic) bond motifs is 1. The minimum atomic E-state index is -0.458. The smallest absolute Gasteiger partial charge is 0.413 e. The zero-order valence-corrected chi connectivity index (χ0v) is 13.9. The topological polar surface area (TPSA) is 71.5 Å². The second-order valence-corrected chi connectivity index (χ2v) is 5.41. The molecule has 126 valence electrons. The number of hydrogen-bond acceptors (Lipinski definition) is 4. The highest BCUT2D eigenvalue weighted by molar-refractivity contribution is 6.12. The lowest BCUT2D eigenvalue weighted by Gasteiger charge is -2.16. The summed E-state index contributed by atoms with van der Waals surface area (Å²) in [6.07, 6.45) is 1.24. The Morgan fingerprint density at radius 2 is 1.80 bits per heavy atom. The minimum absolute atomic E-state index is 0.215. The molecule has 25 heavy (non-hydrogen) atoms. The highest BCUT2D eigenvalue weighted by atomic mass is 16.5. The number of anilines is 2. The number of nitrogens with one attached hydrogen (secondary N) is 1. The van der Waals surface area contributed by atoms with E-state index in [1.807, 2.05) is 12.1 Å². The number of benzene rings is 2. The molecule has 6 nitrogen and oxygen atoms in total. The summed E-state index contributed by atoms with van der Waals surface area (Å²) >= 11 is 0. The van der Waals surface area contributed by atoms with Crippen molar-refractivity contribution in [3.63, 3.8) is 0 Å². The molecule has 1 heterocycles. The predicted molar refractivity (Wildman–Crippen MR) is 96.9 cm³/mol. The summed E-state index contributed by atoms with van der Waals surface area (Å²) in [5.74, 6) is -0.215. The number of aromatic nitrogens is 1. The SMILES string of the molecule is COC(=O)N(C)c1ccc(NC(=O)c2cccc3ncccc23)cc1. The Hall–Kier alpha value is -3.41. The molecule has 0 aliphatic carbocycles. The first-order chi connectivity index (χ1) is 12.1. The van der Waals surface area contributed by atoms with Crippen LogP contribution in [0.25, 0.3) is 10.9 Å². The lowest BCUT2D eigenvalue weighted by Crippen LogP contribution is -2.25. The van der Waals surface area contributed by atoms with Crippen LogP contribution in [0.5, 0.6) is 0 Å². The van der Waals surface area contributed by atoms with Gasteiger partial charge in [0.05, 0.1) is 12.6 Å². The van der Waals surface area contributed by atoms with Crippen molar-refractivity contribution in [2.75, 3.05) is 24.4 Å². The summed E-state index contributed by atoms with van der Waals surface area (Å²) in [6, 6.07) is 16.0. The van der Waals surface area contributed by atoms with Gasteiger partial charge in [0.2, 0.25) is 0 Å². The van der Waals surface area contributed by atoms with Gasteiger partial charge in [-0.25, -0.2) is 4.79 Å². The number of carbonyl (C=O) groups is 2. The third-order valence-electron chi connectivity index (χ3n) is 3.85. The van der Waals surface area contributed by atoms with E-state index in [1.165, 1.54) is 12.0 Å². The molecule has 0 bridgehead atoms. The number of hydrogen-bond donors (Lipinski definition) is 1. The number of pyridine rings is 1. The second kappa shape index (κ2) is 7.00. The van der Waals surface area contributed by atoms with E-state index in [0.29, 0.717) is 16.9 Å². The van der Waals surface area contributed by atoms with Gasteiger partial charge in [-0.05, 0) is 42.5 Å². The van der Waals surface area contributed by atoms with Crippen molar-refractivity contribution in [1.82, 2.24) is 4.98 Å². The molecule has 0 atom stereocenters. The van der Waals surface area contributed by atoms with Gasteiger partial charge in [0.25, 0.3) is 5.91 Å². The van der Waals surface area contributed by atoms with Crippen molar-refractivity contribution in [2.24, 2.45) is 0 Å². The van der Waals surface area contributed by atoms with Gasteiger partial charge in [0.15, 0.2) is 0 Å². The second-order valence-electron chi connectivity index (χ2n) is 5.41. The zero-order valence-electron chi connectivity index (χ0n) is 13.9. The Morgan fingerprint density at radius 1 is 1.04 bits per heavy atom. The molecule has 3 aromatic rings. The monoisotopic (exact) mass is 335 g/mol. The maximum absolute atomic E-state index is 12.6. The first-order valence-corrected chi connectivity index (χ1v) is 7.67. The van der Waals surface area contributed by atoms with Crippen molar-refractivity contribution in [3.05, 3.63) is 66.4 Å². The standard InChI is InChI=1S/C19H17N3O3/c1-22(19(24)25-2)14-10-8-13(9-11-14)21-18(23)16-5-3-7-17-15(16)6-4-12-20-17/h3-12H,1-2H3,(H,21,23). The third kappa shape index (κ3) is 3.42. The van der Waals surface area contributed by atoms with Crippen molar-refractivity contribution in [1.29, 1.82) is 0 Å². The van der Waals surface area contributed by atoms with E-state index in [2.05, 4.69) is 15.0 Å². The molecule has 0 aliphatic rings. The first-order valence-electron chi connectivity index (χ1n) is 7.67. The molecule has 3 rings (SSSR count). The van der Waals surface area contributed by atoms with Crippen molar-refractivity contribution >= 4 is 34.3 Å². The summed E-state index contributed by atoms with van der Waals surface area (Å²) < 4.78 is 4.67. The Bertz CT molecular complexity index is 917. The molecule has 2 amide bonds. The molecular weight excluding hydrogens is 318 g/mol. The highest BCUT2D eigenvalue weighted by Crippen LogP contribution is 2.20. The van der Waals surface area contributed by atoms with Gasteiger partial charge in [-0.2, -0.15) is 0 Å². The van der Waals surface area contributed by atoms with Crippen LogP contribution >= 0.6 is 0 Å². The average molecular weight is 335 g/mol. The van der Waals surface area contributed by atoms with Crippen LogP contribution in [0.1, 0.15) is 10.4 Å². The number of methoxy groups -OCH3 is 1. The lowest BCUT2D eigenvalue weighted by atomic mass is 10.1. The molecule has 0 radical (unpaired) electrons. The van der Waals surface area contributed by atoms with Crippen LogP contribution in [0.15, 0.2) is 60.8 Å². The van der Waals surface area contributed by atoms with Crippen molar-refractivity contribution in [3.8, 4) is 0 Å². The molecule has 0 fully saturated rings. The summed E-state index contributed by atoms with van der Waals surface area (Å²) in [6.45, 7) is 0. The number of amides is 2. The van der Waals surface area contributed by atoms with Crippen LogP contribution < -0.4 is 10.2 Å². The largest absolute Gasteiger partial charge is 0.452 e. The molecule has 2 aromatic carbocycles. The number of rotatable bonds is 3. The van der Waals surface area contributed by atoms with E-state index < -0.39 is 6.09 Å². The van der Waals surface area contributed by atoms with E-state index in [0.717, 1.165) is 10.9 Å². The Balaban J connectivity index is 1.80. The van der Waals surface area contributed by atoms with Gasteiger partial charge >= 0.3 is 6.09 Å². The van der Waals surface area contributed by atoms with Gasteiger partial charge in [-0.1, -0.05) is 12.1 Å². The van der Waals surface area contributed by atoms with E-state index in [1.54, 1.807) is 55.7 Å². The normalized spacial score (nSPS) is 10.3. The summed E-state index contributed by atoms with van der Waals surface area (Å²) in [4.78, 5) is 29.7. The molecule has 1 N–H and O–H groups in total. The van der Waals surface area contributed by atoms with E-state index in [4.69, 9.17) is 0 Å². The summed E-state index contributed by atoms with van der Waals surface area (Å²) in [5.41, 5.74) is 2.62. The van der Waals surface area contributed by atoms with Gasteiger partial charge in [-0.3, -0.25) is 14.7 Å². The molecule has 0 spiro atoms. The molecule has 0 saturated carbocycles. The number of carbonyl (C=O) groups excluding carboxylic acids is 2. The van der Waals surface area contributed by atoms with Crippen molar-refractivity contribution < 1.29 is 14.3 Å². The number of ether oxygens (including phenoxy) is 1. The van der Waals surface area contributed by atoms with Crippen LogP contribution in [0.2, 0.25) is 0 Å². The fourth-order valence-corrected chi connectivity index (χ4v) is 2.51. The fraction of sp³-hybridized carbons (Fsp3) is 0.105. The molecular formula is C19H17N3O3. The fourth-order valence-electron chi connectivity index (χ4n) is 2.51. The quantitative estimate of drug-likeness (QED) is 0.792. The molecule has 6 heteroatoms. The van der Waals surface area contributed by atoms with Gasteiger partial charge in [0, 0.05) is 35.6 Å². The van der Waals surface area contributed by atoms with Gasteiger partial charge < -0.3 is 10.1 Å².